The Balaban J connectivity index is 1.20. The molecule has 0 spiro atoms. The number of para-hydroxylation sites is 2. The van der Waals surface area contributed by atoms with Crippen molar-refractivity contribution in [2.75, 3.05) is 0 Å². The van der Waals surface area contributed by atoms with Crippen LogP contribution in [0.25, 0.3) is 72.4 Å². The summed E-state index contributed by atoms with van der Waals surface area (Å²) >= 11 is 0. The molecule has 2 heterocycles. The summed E-state index contributed by atoms with van der Waals surface area (Å²) in [6.45, 7) is 0. The molecule has 6 aromatic carbocycles. The molecule has 232 valence electrons. The molecule has 8 aromatic rings. The number of nitrogens with zero attached hydrogens (tertiary/aromatic N) is 5. The average molecular weight is 638 g/mol. The van der Waals surface area contributed by atoms with Gasteiger partial charge in [0.05, 0.1) is 51.1 Å². The summed E-state index contributed by atoms with van der Waals surface area (Å²) < 4.78 is 4.46. The molecule has 0 N–H and O–H groups in total. The van der Waals surface area contributed by atoms with E-state index in [2.05, 4.69) is 100 Å². The minimum Gasteiger partial charge on any atom is -0.313 e. The second kappa shape index (κ2) is 11.5. The third kappa shape index (κ3) is 4.37. The summed E-state index contributed by atoms with van der Waals surface area (Å²) in [7, 11) is 0. The summed E-state index contributed by atoms with van der Waals surface area (Å²) in [5.74, 6) is 0. The Morgan fingerprint density at radius 2 is 1.20 bits per heavy atom. The number of fused-ring (bicyclic) bond motifs is 6. The van der Waals surface area contributed by atoms with E-state index in [9.17, 15) is 15.8 Å². The van der Waals surface area contributed by atoms with Gasteiger partial charge in [-0.25, -0.2) is 0 Å². The molecule has 0 saturated carbocycles. The summed E-state index contributed by atoms with van der Waals surface area (Å²) in [6.07, 6.45) is 6.30. The second-order valence-corrected chi connectivity index (χ2v) is 12.6. The first-order valence-corrected chi connectivity index (χ1v) is 16.6. The quantitative estimate of drug-likeness (QED) is 0.193. The fraction of sp³-hybridized carbons (Fsp3) is 0.0444. The van der Waals surface area contributed by atoms with Crippen molar-refractivity contribution < 1.29 is 0 Å². The van der Waals surface area contributed by atoms with Crippen LogP contribution in [0, 0.1) is 34.0 Å². The molecule has 2 aromatic heterocycles. The molecular formula is C45H27N5. The number of hydrogen-bond donors (Lipinski definition) is 0. The highest BCUT2D eigenvalue weighted by atomic mass is 15.0. The van der Waals surface area contributed by atoms with E-state index in [4.69, 9.17) is 0 Å². The number of benzene rings is 6. The molecule has 0 atom stereocenters. The Bertz CT molecular complexity index is 2790. The third-order valence-electron chi connectivity index (χ3n) is 9.90. The lowest BCUT2D eigenvalue weighted by Crippen LogP contribution is -2.03. The lowest BCUT2D eigenvalue weighted by molar-refractivity contribution is 0.888. The second-order valence-electron chi connectivity index (χ2n) is 12.6. The van der Waals surface area contributed by atoms with Crippen molar-refractivity contribution in [2.45, 2.75) is 12.8 Å². The molecule has 0 saturated heterocycles. The van der Waals surface area contributed by atoms with Crippen LogP contribution in [-0.2, 0) is 6.42 Å². The normalized spacial score (nSPS) is 12.1. The predicted molar refractivity (Wildman–Crippen MR) is 200 cm³/mol. The molecule has 9 rings (SSSR count). The van der Waals surface area contributed by atoms with Crippen LogP contribution in [0.15, 0.2) is 133 Å². The fourth-order valence-corrected chi connectivity index (χ4v) is 7.71. The van der Waals surface area contributed by atoms with Crippen LogP contribution in [0.3, 0.4) is 0 Å². The van der Waals surface area contributed by atoms with Crippen LogP contribution in [0.4, 0.5) is 0 Å². The lowest BCUT2D eigenvalue weighted by atomic mass is 9.92. The van der Waals surface area contributed by atoms with E-state index in [1.165, 1.54) is 11.3 Å². The molecule has 0 bridgehead atoms. The molecule has 0 aliphatic heterocycles. The van der Waals surface area contributed by atoms with Crippen molar-refractivity contribution in [2.24, 2.45) is 0 Å². The van der Waals surface area contributed by atoms with Gasteiger partial charge in [-0.3, -0.25) is 0 Å². The molecule has 0 unspecified atom stereocenters. The van der Waals surface area contributed by atoms with E-state index >= 15 is 0 Å². The Kier molecular flexibility index (Phi) is 6.70. The van der Waals surface area contributed by atoms with E-state index in [1.54, 1.807) is 12.1 Å². The van der Waals surface area contributed by atoms with Crippen LogP contribution < -0.4 is 0 Å². The Morgan fingerprint density at radius 1 is 0.520 bits per heavy atom. The van der Waals surface area contributed by atoms with Gasteiger partial charge in [0.1, 0.15) is 6.07 Å². The largest absolute Gasteiger partial charge is 0.313 e. The predicted octanol–water partition coefficient (Wildman–Crippen LogP) is 10.6. The maximum Gasteiger partial charge on any atom is 0.101 e. The molecule has 0 radical (unpaired) electrons. The van der Waals surface area contributed by atoms with Gasteiger partial charge in [0, 0.05) is 38.7 Å². The van der Waals surface area contributed by atoms with Crippen molar-refractivity contribution >= 4 is 38.8 Å². The standard InChI is InChI=1S/C45H27N5/c46-26-29-16-23-43-39(24-29)38-12-3-4-13-40(38)49(43)35-21-19-30(20-22-35)31-8-7-9-32(25-31)44-33(27-47)17-18-34(28-48)45(44)50-41-14-5-1-10-36(41)37-11-2-6-15-42(37)50/h1-3,5-12,14-25H,4,13H2. The number of aromatic nitrogens is 2. The zero-order chi connectivity index (χ0) is 33.8. The van der Waals surface area contributed by atoms with E-state index in [1.807, 2.05) is 54.6 Å². The fourth-order valence-electron chi connectivity index (χ4n) is 7.71. The monoisotopic (exact) mass is 637 g/mol. The van der Waals surface area contributed by atoms with Crippen molar-refractivity contribution in [3.63, 3.8) is 0 Å². The molecule has 50 heavy (non-hydrogen) atoms. The minimum absolute atomic E-state index is 0.499. The molecule has 1 aliphatic rings. The SMILES string of the molecule is N#Cc1ccc2c(c1)c1c(n2-c2ccc(-c3cccc(-c4c(C#N)ccc(C#N)c4-n4c5ccccc5c5ccccc54)c3)cc2)CCC=C1. The first kappa shape index (κ1) is 29.0. The van der Waals surface area contributed by atoms with E-state index < -0.39 is 0 Å². The summed E-state index contributed by atoms with van der Waals surface area (Å²) in [5.41, 5.74) is 12.6. The number of nitriles is 3. The maximum atomic E-state index is 10.4. The van der Waals surface area contributed by atoms with Crippen molar-refractivity contribution in [3.05, 3.63) is 161 Å². The molecule has 5 heteroatoms. The lowest BCUT2D eigenvalue weighted by Gasteiger charge is -2.18. The topological polar surface area (TPSA) is 81.2 Å². The van der Waals surface area contributed by atoms with E-state index in [0.717, 1.165) is 73.5 Å². The van der Waals surface area contributed by atoms with Crippen molar-refractivity contribution in [1.29, 1.82) is 15.8 Å². The molecule has 0 fully saturated rings. The summed E-state index contributed by atoms with van der Waals surface area (Å²) in [6, 6.07) is 49.8. The van der Waals surface area contributed by atoms with Gasteiger partial charge in [-0.05, 0) is 90.2 Å². The van der Waals surface area contributed by atoms with Gasteiger partial charge in [-0.15, -0.1) is 0 Å². The van der Waals surface area contributed by atoms with Crippen molar-refractivity contribution in [3.8, 4) is 51.8 Å². The average Bonchev–Trinajstić information content (AvgIpc) is 3.70. The van der Waals surface area contributed by atoms with Gasteiger partial charge in [-0.1, -0.05) is 78.9 Å². The van der Waals surface area contributed by atoms with Crippen LogP contribution in [0.5, 0.6) is 0 Å². The number of rotatable bonds is 4. The maximum absolute atomic E-state index is 10.4. The van der Waals surface area contributed by atoms with Gasteiger partial charge >= 0.3 is 0 Å². The zero-order valence-corrected chi connectivity index (χ0v) is 26.9. The van der Waals surface area contributed by atoms with Gasteiger partial charge in [0.2, 0.25) is 0 Å². The Labute approximate surface area is 289 Å². The van der Waals surface area contributed by atoms with E-state index in [-0.39, 0.29) is 0 Å². The molecule has 5 nitrogen and oxygen atoms in total. The van der Waals surface area contributed by atoms with Gasteiger partial charge in [0.15, 0.2) is 0 Å². The first-order valence-electron chi connectivity index (χ1n) is 16.6. The molecule has 0 amide bonds. The number of hydrogen-bond acceptors (Lipinski definition) is 3. The molecular weight excluding hydrogens is 611 g/mol. The first-order chi connectivity index (χ1) is 24.7. The van der Waals surface area contributed by atoms with E-state index in [0.29, 0.717) is 22.4 Å². The van der Waals surface area contributed by atoms with Gasteiger partial charge in [-0.2, -0.15) is 15.8 Å². The third-order valence-corrected chi connectivity index (χ3v) is 9.90. The Morgan fingerprint density at radius 3 is 1.92 bits per heavy atom. The van der Waals surface area contributed by atoms with Crippen molar-refractivity contribution in [1.82, 2.24) is 9.13 Å². The van der Waals surface area contributed by atoms with Gasteiger partial charge < -0.3 is 9.13 Å². The minimum atomic E-state index is 0.499. The smallest absolute Gasteiger partial charge is 0.101 e. The molecule has 1 aliphatic carbocycles. The van der Waals surface area contributed by atoms with Crippen LogP contribution >= 0.6 is 0 Å². The summed E-state index contributed by atoms with van der Waals surface area (Å²) in [4.78, 5) is 0. The number of allylic oxidation sites excluding steroid dienone is 1. The highest BCUT2D eigenvalue weighted by Crippen LogP contribution is 2.41. The summed E-state index contributed by atoms with van der Waals surface area (Å²) in [5, 5.41) is 33.7. The van der Waals surface area contributed by atoms with Crippen LogP contribution in [-0.4, -0.2) is 9.13 Å². The Hall–Kier alpha value is -7.13. The zero-order valence-electron chi connectivity index (χ0n) is 26.9. The highest BCUT2D eigenvalue weighted by Gasteiger charge is 2.22. The highest BCUT2D eigenvalue weighted by molar-refractivity contribution is 6.10. The van der Waals surface area contributed by atoms with Crippen LogP contribution in [0.2, 0.25) is 0 Å². The van der Waals surface area contributed by atoms with Gasteiger partial charge in [0.25, 0.3) is 0 Å². The van der Waals surface area contributed by atoms with Crippen LogP contribution in [0.1, 0.15) is 34.4 Å².